The first-order valence-corrected chi connectivity index (χ1v) is 6.84. The van der Waals surface area contributed by atoms with Gasteiger partial charge in [-0.3, -0.25) is 0 Å². The van der Waals surface area contributed by atoms with Gasteiger partial charge in [0.25, 0.3) is 0 Å². The number of aromatic carboxylic acids is 1. The SMILES string of the molecule is O=C(O)c1ccc(CNCC2CCCC2CO)cc1. The largest absolute Gasteiger partial charge is 0.478 e. The third-order valence-corrected chi connectivity index (χ3v) is 3.99. The van der Waals surface area contributed by atoms with E-state index in [2.05, 4.69) is 5.32 Å². The van der Waals surface area contributed by atoms with Crippen LogP contribution < -0.4 is 5.32 Å². The Balaban J connectivity index is 1.77. The normalized spacial score (nSPS) is 22.6. The van der Waals surface area contributed by atoms with Crippen LogP contribution in [0.3, 0.4) is 0 Å². The number of carboxylic acids is 1. The lowest BCUT2D eigenvalue weighted by Crippen LogP contribution is -2.26. The van der Waals surface area contributed by atoms with Crippen molar-refractivity contribution in [3.8, 4) is 0 Å². The van der Waals surface area contributed by atoms with Gasteiger partial charge in [-0.2, -0.15) is 0 Å². The predicted molar refractivity (Wildman–Crippen MR) is 73.0 cm³/mol. The fourth-order valence-corrected chi connectivity index (χ4v) is 2.79. The molecule has 0 saturated heterocycles. The highest BCUT2D eigenvalue weighted by Crippen LogP contribution is 2.30. The fourth-order valence-electron chi connectivity index (χ4n) is 2.79. The van der Waals surface area contributed by atoms with E-state index in [4.69, 9.17) is 5.11 Å². The van der Waals surface area contributed by atoms with Crippen LogP contribution in [0.25, 0.3) is 0 Å². The molecule has 4 heteroatoms. The number of rotatable bonds is 6. The van der Waals surface area contributed by atoms with E-state index in [0.717, 1.165) is 25.1 Å². The summed E-state index contributed by atoms with van der Waals surface area (Å²) >= 11 is 0. The standard InChI is InChI=1S/C15H21NO3/c17-10-14-3-1-2-13(14)9-16-8-11-4-6-12(7-5-11)15(18)19/h4-7,13-14,16-17H,1-3,8-10H2,(H,18,19). The van der Waals surface area contributed by atoms with Crippen LogP contribution in [0.15, 0.2) is 24.3 Å². The first-order valence-electron chi connectivity index (χ1n) is 6.84. The molecule has 1 aromatic rings. The number of hydrogen-bond acceptors (Lipinski definition) is 3. The monoisotopic (exact) mass is 263 g/mol. The van der Waals surface area contributed by atoms with Crippen LogP contribution >= 0.6 is 0 Å². The predicted octanol–water partition coefficient (Wildman–Crippen LogP) is 1.88. The van der Waals surface area contributed by atoms with E-state index >= 15 is 0 Å². The van der Waals surface area contributed by atoms with Crippen molar-refractivity contribution in [1.82, 2.24) is 5.32 Å². The lowest BCUT2D eigenvalue weighted by molar-refractivity contribution is 0.0697. The molecule has 1 aliphatic carbocycles. The molecule has 3 N–H and O–H groups in total. The zero-order chi connectivity index (χ0) is 13.7. The van der Waals surface area contributed by atoms with Crippen molar-refractivity contribution < 1.29 is 15.0 Å². The highest BCUT2D eigenvalue weighted by molar-refractivity contribution is 5.87. The van der Waals surface area contributed by atoms with E-state index in [1.165, 1.54) is 12.8 Å². The number of carbonyl (C=O) groups is 1. The van der Waals surface area contributed by atoms with Crippen molar-refractivity contribution in [2.45, 2.75) is 25.8 Å². The van der Waals surface area contributed by atoms with Crippen molar-refractivity contribution in [3.63, 3.8) is 0 Å². The van der Waals surface area contributed by atoms with E-state index in [-0.39, 0.29) is 0 Å². The molecule has 1 fully saturated rings. The molecule has 0 bridgehead atoms. The minimum absolute atomic E-state index is 0.291. The van der Waals surface area contributed by atoms with E-state index in [0.29, 0.717) is 24.0 Å². The smallest absolute Gasteiger partial charge is 0.335 e. The number of benzene rings is 1. The Kier molecular flexibility index (Phi) is 4.93. The second-order valence-electron chi connectivity index (χ2n) is 5.27. The average Bonchev–Trinajstić information content (AvgIpc) is 2.87. The van der Waals surface area contributed by atoms with Crippen LogP contribution in [0.1, 0.15) is 35.2 Å². The molecule has 0 aromatic heterocycles. The maximum absolute atomic E-state index is 10.7. The second-order valence-corrected chi connectivity index (χ2v) is 5.27. The van der Waals surface area contributed by atoms with Gasteiger partial charge in [-0.15, -0.1) is 0 Å². The molecular formula is C15H21NO3. The highest BCUT2D eigenvalue weighted by Gasteiger charge is 2.25. The van der Waals surface area contributed by atoms with E-state index < -0.39 is 5.97 Å². The molecule has 2 unspecified atom stereocenters. The van der Waals surface area contributed by atoms with Crippen molar-refractivity contribution >= 4 is 5.97 Å². The lowest BCUT2D eigenvalue weighted by Gasteiger charge is -2.17. The van der Waals surface area contributed by atoms with Gasteiger partial charge in [0.15, 0.2) is 0 Å². The van der Waals surface area contributed by atoms with E-state index in [1.807, 2.05) is 12.1 Å². The van der Waals surface area contributed by atoms with Crippen LogP contribution in [0.5, 0.6) is 0 Å². The summed E-state index contributed by atoms with van der Waals surface area (Å²) in [5.74, 6) is 0.126. The molecule has 2 rings (SSSR count). The minimum atomic E-state index is -0.892. The molecular weight excluding hydrogens is 242 g/mol. The van der Waals surface area contributed by atoms with Gasteiger partial charge in [0.05, 0.1) is 5.56 Å². The molecule has 19 heavy (non-hydrogen) atoms. The van der Waals surface area contributed by atoms with Gasteiger partial charge in [-0.05, 0) is 48.9 Å². The quantitative estimate of drug-likeness (QED) is 0.733. The maximum Gasteiger partial charge on any atom is 0.335 e. The zero-order valence-corrected chi connectivity index (χ0v) is 11.0. The molecule has 0 heterocycles. The molecule has 1 saturated carbocycles. The van der Waals surface area contributed by atoms with Crippen LogP contribution in [-0.4, -0.2) is 29.3 Å². The van der Waals surface area contributed by atoms with E-state index in [1.54, 1.807) is 12.1 Å². The number of carboxylic acid groups (broad SMARTS) is 1. The van der Waals surface area contributed by atoms with Gasteiger partial charge in [-0.1, -0.05) is 18.6 Å². The Morgan fingerprint density at radius 1 is 1.21 bits per heavy atom. The van der Waals surface area contributed by atoms with Crippen LogP contribution in [0, 0.1) is 11.8 Å². The second kappa shape index (κ2) is 6.68. The summed E-state index contributed by atoms with van der Waals surface area (Å²) in [5, 5.41) is 21.5. The van der Waals surface area contributed by atoms with Gasteiger partial charge < -0.3 is 15.5 Å². The number of hydrogen-bond donors (Lipinski definition) is 3. The van der Waals surface area contributed by atoms with Crippen molar-refractivity contribution in [2.75, 3.05) is 13.2 Å². The summed E-state index contributed by atoms with van der Waals surface area (Å²) in [6, 6.07) is 6.94. The third-order valence-electron chi connectivity index (χ3n) is 3.99. The summed E-state index contributed by atoms with van der Waals surface area (Å²) < 4.78 is 0. The molecule has 0 aliphatic heterocycles. The topological polar surface area (TPSA) is 69.6 Å². The molecule has 0 spiro atoms. The van der Waals surface area contributed by atoms with Gasteiger partial charge in [-0.25, -0.2) is 4.79 Å². The summed E-state index contributed by atoms with van der Waals surface area (Å²) in [7, 11) is 0. The van der Waals surface area contributed by atoms with Crippen LogP contribution in [-0.2, 0) is 6.54 Å². The van der Waals surface area contributed by atoms with Gasteiger partial charge in [0.1, 0.15) is 0 Å². The molecule has 1 aromatic carbocycles. The molecule has 0 amide bonds. The molecule has 1 aliphatic rings. The Labute approximate surface area is 113 Å². The minimum Gasteiger partial charge on any atom is -0.478 e. The van der Waals surface area contributed by atoms with Crippen LogP contribution in [0.2, 0.25) is 0 Å². The number of aliphatic hydroxyl groups is 1. The van der Waals surface area contributed by atoms with Gasteiger partial charge in [0.2, 0.25) is 0 Å². The van der Waals surface area contributed by atoms with Gasteiger partial charge in [0, 0.05) is 13.2 Å². The Bertz CT molecular complexity index is 416. The third kappa shape index (κ3) is 3.78. The maximum atomic E-state index is 10.7. The lowest BCUT2D eigenvalue weighted by atomic mass is 9.97. The number of nitrogens with one attached hydrogen (secondary N) is 1. The molecule has 104 valence electrons. The van der Waals surface area contributed by atoms with Crippen molar-refractivity contribution in [1.29, 1.82) is 0 Å². The number of aliphatic hydroxyl groups excluding tert-OH is 1. The summed E-state index contributed by atoms with van der Waals surface area (Å²) in [6.07, 6.45) is 3.54. The average molecular weight is 263 g/mol. The fraction of sp³-hybridized carbons (Fsp3) is 0.533. The molecule has 2 atom stereocenters. The zero-order valence-electron chi connectivity index (χ0n) is 11.0. The Morgan fingerprint density at radius 2 is 1.89 bits per heavy atom. The van der Waals surface area contributed by atoms with Crippen molar-refractivity contribution in [2.24, 2.45) is 11.8 Å². The summed E-state index contributed by atoms with van der Waals surface area (Å²) in [5.41, 5.74) is 1.41. The van der Waals surface area contributed by atoms with Gasteiger partial charge >= 0.3 is 5.97 Å². The molecule has 4 nitrogen and oxygen atoms in total. The van der Waals surface area contributed by atoms with E-state index in [9.17, 15) is 9.90 Å². The summed E-state index contributed by atoms with van der Waals surface area (Å²) in [4.78, 5) is 10.7. The molecule has 0 radical (unpaired) electrons. The summed E-state index contributed by atoms with van der Waals surface area (Å²) in [6.45, 7) is 1.96. The first kappa shape index (κ1) is 14.0. The Morgan fingerprint density at radius 3 is 2.53 bits per heavy atom. The highest BCUT2D eigenvalue weighted by atomic mass is 16.4. The first-order chi connectivity index (χ1) is 9.20. The Hall–Kier alpha value is -1.39. The van der Waals surface area contributed by atoms with Crippen molar-refractivity contribution in [3.05, 3.63) is 35.4 Å². The van der Waals surface area contributed by atoms with Crippen LogP contribution in [0.4, 0.5) is 0 Å².